The fraction of sp³-hybridized carbons (Fsp3) is 0.700. The van der Waals surface area contributed by atoms with Crippen LogP contribution in [0.1, 0.15) is 31.7 Å². The highest BCUT2D eigenvalue weighted by molar-refractivity contribution is 5.67. The lowest BCUT2D eigenvalue weighted by atomic mass is 9.63. The molecule has 1 aliphatic carbocycles. The highest BCUT2D eigenvalue weighted by Gasteiger charge is 2.74. The first-order valence-corrected chi connectivity index (χ1v) is 9.44. The number of hydrogen-bond acceptors (Lipinski definition) is 3. The van der Waals surface area contributed by atoms with Crippen molar-refractivity contribution >= 4 is 5.69 Å². The number of fused-ring (bicyclic) bond motifs is 2. The maximum Gasteiger partial charge on any atom is 0.0704 e. The highest BCUT2D eigenvalue weighted by atomic mass is 16.3. The van der Waals surface area contributed by atoms with E-state index in [0.29, 0.717) is 24.0 Å². The molecule has 3 heteroatoms. The van der Waals surface area contributed by atoms with Crippen molar-refractivity contribution < 1.29 is 5.11 Å². The molecule has 4 saturated heterocycles. The third kappa shape index (κ3) is 1.21. The molecule has 5 heterocycles. The maximum atomic E-state index is 11.6. The SMILES string of the molecule is CC[C@@H]1CN2C3C[C@@H]1[C@@H]1[C@@H](O)C4(C[C@@H]12)c1ccccc1N(C)[C@H]34. The van der Waals surface area contributed by atoms with E-state index in [4.69, 9.17) is 0 Å². The Morgan fingerprint density at radius 2 is 2.09 bits per heavy atom. The van der Waals surface area contributed by atoms with Gasteiger partial charge in [0.05, 0.1) is 12.1 Å². The summed E-state index contributed by atoms with van der Waals surface area (Å²) >= 11 is 0. The number of nitrogens with zero attached hydrogens (tertiary/aromatic N) is 2. The van der Waals surface area contributed by atoms with Gasteiger partial charge in [-0.2, -0.15) is 0 Å². The van der Waals surface area contributed by atoms with Crippen molar-refractivity contribution in [2.45, 2.75) is 55.8 Å². The van der Waals surface area contributed by atoms with E-state index in [1.54, 1.807) is 0 Å². The summed E-state index contributed by atoms with van der Waals surface area (Å²) in [5.41, 5.74) is 2.81. The van der Waals surface area contributed by atoms with Gasteiger partial charge in [-0.25, -0.2) is 0 Å². The minimum Gasteiger partial charge on any atom is -0.392 e. The molecule has 0 amide bonds. The zero-order chi connectivity index (χ0) is 15.5. The lowest BCUT2D eigenvalue weighted by Gasteiger charge is -2.60. The summed E-state index contributed by atoms with van der Waals surface area (Å²) in [6.07, 6.45) is 3.60. The van der Waals surface area contributed by atoms with E-state index < -0.39 is 0 Å². The van der Waals surface area contributed by atoms with Gasteiger partial charge in [-0.15, -0.1) is 0 Å². The molecule has 5 bridgehead atoms. The molecule has 0 radical (unpaired) electrons. The Morgan fingerprint density at radius 3 is 2.91 bits per heavy atom. The molecule has 0 aromatic heterocycles. The predicted molar refractivity (Wildman–Crippen MR) is 90.6 cm³/mol. The van der Waals surface area contributed by atoms with E-state index in [0.717, 1.165) is 11.8 Å². The minimum absolute atomic E-state index is 0.000769. The summed E-state index contributed by atoms with van der Waals surface area (Å²) in [5.74, 6) is 2.06. The van der Waals surface area contributed by atoms with Gasteiger partial charge in [0, 0.05) is 42.7 Å². The molecule has 23 heavy (non-hydrogen) atoms. The Morgan fingerprint density at radius 1 is 1.26 bits per heavy atom. The molecule has 1 aromatic rings. The fourth-order valence-corrected chi connectivity index (χ4v) is 7.75. The molecule has 5 aliphatic heterocycles. The first kappa shape index (κ1) is 13.3. The molecule has 1 saturated carbocycles. The van der Waals surface area contributed by atoms with Crippen LogP contribution in [0.25, 0.3) is 0 Å². The molecule has 6 aliphatic rings. The van der Waals surface area contributed by atoms with Crippen molar-refractivity contribution in [2.24, 2.45) is 17.8 Å². The summed E-state index contributed by atoms with van der Waals surface area (Å²) in [7, 11) is 2.27. The number of benzene rings is 1. The zero-order valence-corrected chi connectivity index (χ0v) is 14.0. The first-order valence-electron chi connectivity index (χ1n) is 9.44. The van der Waals surface area contributed by atoms with E-state index >= 15 is 0 Å². The van der Waals surface area contributed by atoms with Gasteiger partial charge in [-0.1, -0.05) is 31.5 Å². The first-order chi connectivity index (χ1) is 11.2. The molecule has 7 rings (SSSR count). The molecule has 122 valence electrons. The minimum atomic E-state index is -0.155. The van der Waals surface area contributed by atoms with Crippen LogP contribution in [0.3, 0.4) is 0 Å². The van der Waals surface area contributed by atoms with Gasteiger partial charge in [0.25, 0.3) is 0 Å². The van der Waals surface area contributed by atoms with Crippen LogP contribution in [0.15, 0.2) is 24.3 Å². The van der Waals surface area contributed by atoms with E-state index in [2.05, 4.69) is 48.0 Å². The van der Waals surface area contributed by atoms with E-state index in [1.165, 1.54) is 37.1 Å². The van der Waals surface area contributed by atoms with E-state index in [9.17, 15) is 5.11 Å². The maximum absolute atomic E-state index is 11.6. The molecule has 1 N–H and O–H groups in total. The molecular formula is C20H26N2O. The number of piperidine rings is 4. The van der Waals surface area contributed by atoms with Crippen LogP contribution in [0.2, 0.25) is 0 Å². The Bertz CT molecular complexity index is 690. The van der Waals surface area contributed by atoms with Crippen molar-refractivity contribution in [1.29, 1.82) is 0 Å². The van der Waals surface area contributed by atoms with Crippen LogP contribution in [-0.4, -0.2) is 47.8 Å². The smallest absolute Gasteiger partial charge is 0.0704 e. The van der Waals surface area contributed by atoms with Crippen LogP contribution in [0, 0.1) is 17.8 Å². The largest absolute Gasteiger partial charge is 0.392 e. The lowest BCUT2D eigenvalue weighted by Crippen LogP contribution is -2.69. The molecule has 3 unspecified atom stereocenters. The predicted octanol–water partition coefficient (Wildman–Crippen LogP) is 2.24. The average Bonchev–Trinajstić information content (AvgIpc) is 2.98. The molecular weight excluding hydrogens is 284 g/mol. The number of rotatable bonds is 1. The topological polar surface area (TPSA) is 26.7 Å². The average molecular weight is 310 g/mol. The molecule has 1 aromatic carbocycles. The second-order valence-electron chi connectivity index (χ2n) is 8.74. The fourth-order valence-electron chi connectivity index (χ4n) is 7.75. The number of likely N-dealkylation sites (N-methyl/N-ethyl adjacent to an activating group) is 1. The second kappa shape index (κ2) is 3.94. The van der Waals surface area contributed by atoms with Gasteiger partial charge in [0.1, 0.15) is 0 Å². The number of hydrogen-bond donors (Lipinski definition) is 1. The summed E-state index contributed by atoms with van der Waals surface area (Å²) in [5, 5.41) is 11.6. The van der Waals surface area contributed by atoms with Crippen molar-refractivity contribution in [3.8, 4) is 0 Å². The quantitative estimate of drug-likeness (QED) is 0.862. The third-order valence-corrected chi connectivity index (χ3v) is 8.41. The number of anilines is 1. The second-order valence-corrected chi connectivity index (χ2v) is 8.74. The van der Waals surface area contributed by atoms with Gasteiger partial charge in [0.15, 0.2) is 0 Å². The number of para-hydroxylation sites is 1. The molecule has 1 spiro atoms. The Balaban J connectivity index is 1.59. The Hall–Kier alpha value is -1.06. The standard InChI is InChI=1S/C20H26N2O/c1-3-11-10-22-15-8-12(11)17-16(22)9-20(19(17)23)13-6-4-5-7-14(13)21(2)18(15)20/h4-7,11-12,15-19,23H,3,8-10H2,1-2H3/t11-,12+,15?,16+,17+,18-,19-,20?/m1/s1. The van der Waals surface area contributed by atoms with E-state index in [-0.39, 0.29) is 11.5 Å². The van der Waals surface area contributed by atoms with Crippen molar-refractivity contribution in [1.82, 2.24) is 4.90 Å². The third-order valence-electron chi connectivity index (χ3n) is 8.41. The lowest BCUT2D eigenvalue weighted by molar-refractivity contribution is -0.100. The van der Waals surface area contributed by atoms with Crippen LogP contribution in [0.4, 0.5) is 5.69 Å². The highest BCUT2D eigenvalue weighted by Crippen LogP contribution is 2.67. The van der Waals surface area contributed by atoms with Gasteiger partial charge >= 0.3 is 0 Å². The van der Waals surface area contributed by atoms with Crippen molar-refractivity contribution in [3.05, 3.63) is 29.8 Å². The Kier molecular flexibility index (Phi) is 2.27. The van der Waals surface area contributed by atoms with Crippen LogP contribution >= 0.6 is 0 Å². The summed E-state index contributed by atoms with van der Waals surface area (Å²) in [6.45, 7) is 3.62. The normalized spacial score (nSPS) is 54.5. The van der Waals surface area contributed by atoms with E-state index in [1.807, 2.05) is 0 Å². The monoisotopic (exact) mass is 310 g/mol. The number of aliphatic hydroxyl groups is 1. The molecule has 5 fully saturated rings. The van der Waals surface area contributed by atoms with Gasteiger partial charge in [-0.05, 0) is 36.3 Å². The van der Waals surface area contributed by atoms with Crippen LogP contribution in [0.5, 0.6) is 0 Å². The number of aliphatic hydroxyl groups excluding tert-OH is 1. The van der Waals surface area contributed by atoms with Gasteiger partial charge in [0.2, 0.25) is 0 Å². The Labute approximate surface area is 138 Å². The summed E-state index contributed by atoms with van der Waals surface area (Å²) < 4.78 is 0. The molecule has 9 atom stereocenters. The zero-order valence-electron chi connectivity index (χ0n) is 14.0. The van der Waals surface area contributed by atoms with Crippen molar-refractivity contribution in [3.63, 3.8) is 0 Å². The van der Waals surface area contributed by atoms with Gasteiger partial charge < -0.3 is 10.0 Å². The van der Waals surface area contributed by atoms with Crippen molar-refractivity contribution in [2.75, 3.05) is 18.5 Å². The summed E-state index contributed by atoms with van der Waals surface area (Å²) in [6, 6.07) is 10.6. The van der Waals surface area contributed by atoms with Crippen LogP contribution < -0.4 is 4.90 Å². The summed E-state index contributed by atoms with van der Waals surface area (Å²) in [4.78, 5) is 5.34. The van der Waals surface area contributed by atoms with Crippen LogP contribution in [-0.2, 0) is 5.41 Å². The molecule has 3 nitrogen and oxygen atoms in total. The van der Waals surface area contributed by atoms with Gasteiger partial charge in [-0.3, -0.25) is 4.90 Å².